The van der Waals surface area contributed by atoms with E-state index in [0.29, 0.717) is 17.1 Å². The van der Waals surface area contributed by atoms with Crippen LogP contribution in [0.15, 0.2) is 60.9 Å². The molecule has 1 fully saturated rings. The fraction of sp³-hybridized carbons (Fsp3) is 0.273. The normalized spacial score (nSPS) is 17.2. The molecule has 0 spiro atoms. The number of anilines is 2. The van der Waals surface area contributed by atoms with Gasteiger partial charge in [0.1, 0.15) is 5.82 Å². The van der Waals surface area contributed by atoms with Gasteiger partial charge in [-0.15, -0.1) is 0 Å². The van der Waals surface area contributed by atoms with E-state index in [1.807, 2.05) is 31.2 Å². The van der Waals surface area contributed by atoms with E-state index in [1.54, 1.807) is 41.0 Å². The van der Waals surface area contributed by atoms with Crippen LogP contribution in [0, 0.1) is 6.92 Å². The van der Waals surface area contributed by atoms with Crippen molar-refractivity contribution >= 4 is 33.1 Å². The molecular weight excluding hydrogens is 420 g/mol. The van der Waals surface area contributed by atoms with E-state index in [-0.39, 0.29) is 11.8 Å². The maximum atomic E-state index is 13.1. The maximum absolute atomic E-state index is 13.1. The van der Waals surface area contributed by atoms with E-state index in [2.05, 4.69) is 15.3 Å². The first-order valence-electron chi connectivity index (χ1n) is 9.81. The van der Waals surface area contributed by atoms with E-state index < -0.39 is 10.0 Å². The smallest absolute Gasteiger partial charge is 0.218 e. The number of benzene rings is 1. The Bertz CT molecular complexity index is 1140. The van der Waals surface area contributed by atoms with E-state index in [1.165, 1.54) is 0 Å². The molecule has 1 saturated heterocycles. The average molecular weight is 443 g/mol. The molecule has 0 amide bonds. The molecule has 3 heterocycles. The van der Waals surface area contributed by atoms with Crippen LogP contribution in [-0.4, -0.2) is 29.2 Å². The van der Waals surface area contributed by atoms with Crippen LogP contribution in [-0.2, 0) is 15.8 Å². The van der Waals surface area contributed by atoms with Crippen molar-refractivity contribution in [2.45, 2.75) is 31.6 Å². The number of nitrogens with zero attached hydrogens (tertiary/aromatic N) is 3. The lowest BCUT2D eigenvalue weighted by Gasteiger charge is -2.24. The third kappa shape index (κ3) is 4.64. The highest BCUT2D eigenvalue weighted by Gasteiger charge is 2.35. The van der Waals surface area contributed by atoms with Crippen LogP contribution < -0.4 is 5.32 Å². The molecule has 6 nitrogen and oxygen atoms in total. The number of hydrogen-bond acceptors (Lipinski definition) is 5. The zero-order valence-corrected chi connectivity index (χ0v) is 18.2. The lowest BCUT2D eigenvalue weighted by Crippen LogP contribution is -2.32. The SMILES string of the molecule is Cc1cccnc1Nc1ccc([C@@H]2CCCN2S(=O)(=O)Cc2cccc(Cl)c2)nc1. The van der Waals surface area contributed by atoms with Crippen LogP contribution in [0.4, 0.5) is 11.5 Å². The Labute approximate surface area is 182 Å². The zero-order valence-electron chi connectivity index (χ0n) is 16.6. The number of hydrogen-bond donors (Lipinski definition) is 1. The lowest BCUT2D eigenvalue weighted by atomic mass is 10.1. The van der Waals surface area contributed by atoms with Crippen molar-refractivity contribution in [3.63, 3.8) is 0 Å². The molecule has 0 bridgehead atoms. The maximum Gasteiger partial charge on any atom is 0.218 e. The molecule has 3 aromatic rings. The first-order chi connectivity index (χ1) is 14.4. The Hall–Kier alpha value is -2.48. The van der Waals surface area contributed by atoms with Gasteiger partial charge in [0.25, 0.3) is 0 Å². The molecule has 1 aromatic carbocycles. The monoisotopic (exact) mass is 442 g/mol. The fourth-order valence-corrected chi connectivity index (χ4v) is 5.71. The van der Waals surface area contributed by atoms with Crippen molar-refractivity contribution in [1.82, 2.24) is 14.3 Å². The summed E-state index contributed by atoms with van der Waals surface area (Å²) < 4.78 is 27.7. The van der Waals surface area contributed by atoms with Crippen molar-refractivity contribution in [3.05, 3.63) is 82.8 Å². The van der Waals surface area contributed by atoms with Gasteiger partial charge < -0.3 is 5.32 Å². The predicted molar refractivity (Wildman–Crippen MR) is 119 cm³/mol. The molecule has 1 aliphatic heterocycles. The van der Waals surface area contributed by atoms with Gasteiger partial charge in [0.2, 0.25) is 10.0 Å². The van der Waals surface area contributed by atoms with E-state index >= 15 is 0 Å². The molecule has 4 rings (SSSR count). The van der Waals surface area contributed by atoms with Gasteiger partial charge in [0, 0.05) is 17.8 Å². The zero-order chi connectivity index (χ0) is 21.1. The van der Waals surface area contributed by atoms with Crippen LogP contribution in [0.5, 0.6) is 0 Å². The summed E-state index contributed by atoms with van der Waals surface area (Å²) >= 11 is 6.01. The average Bonchev–Trinajstić information content (AvgIpc) is 3.21. The van der Waals surface area contributed by atoms with Gasteiger partial charge in [-0.1, -0.05) is 29.8 Å². The number of pyridine rings is 2. The summed E-state index contributed by atoms with van der Waals surface area (Å²) in [7, 11) is -3.48. The number of nitrogens with one attached hydrogen (secondary N) is 1. The Morgan fingerprint density at radius 1 is 1.17 bits per heavy atom. The molecular formula is C22H23ClN4O2S. The summed E-state index contributed by atoms with van der Waals surface area (Å²) in [6, 6.07) is 14.4. The molecule has 2 aromatic heterocycles. The minimum atomic E-state index is -3.48. The minimum Gasteiger partial charge on any atom is -0.339 e. The third-order valence-electron chi connectivity index (χ3n) is 5.20. The molecule has 0 saturated carbocycles. The summed E-state index contributed by atoms with van der Waals surface area (Å²) in [5.74, 6) is 0.710. The molecule has 8 heteroatoms. The second-order valence-corrected chi connectivity index (χ2v) is 9.78. The quantitative estimate of drug-likeness (QED) is 0.590. The molecule has 1 atom stereocenters. The highest BCUT2D eigenvalue weighted by Crippen LogP contribution is 2.35. The van der Waals surface area contributed by atoms with E-state index in [9.17, 15) is 8.42 Å². The van der Waals surface area contributed by atoms with Crippen LogP contribution in [0.25, 0.3) is 0 Å². The number of aromatic nitrogens is 2. The Balaban J connectivity index is 1.51. The Kier molecular flexibility index (Phi) is 6.04. The summed E-state index contributed by atoms with van der Waals surface area (Å²) in [4.78, 5) is 8.88. The summed E-state index contributed by atoms with van der Waals surface area (Å²) in [5, 5.41) is 3.79. The molecule has 0 radical (unpaired) electrons. The lowest BCUT2D eigenvalue weighted by molar-refractivity contribution is 0.390. The van der Waals surface area contributed by atoms with Gasteiger partial charge >= 0.3 is 0 Å². The number of sulfonamides is 1. The van der Waals surface area contributed by atoms with E-state index in [0.717, 1.165) is 35.6 Å². The summed E-state index contributed by atoms with van der Waals surface area (Å²) in [6.07, 6.45) is 5.03. The summed E-state index contributed by atoms with van der Waals surface area (Å²) in [6.45, 7) is 2.49. The van der Waals surface area contributed by atoms with Crippen molar-refractivity contribution in [2.75, 3.05) is 11.9 Å². The van der Waals surface area contributed by atoms with Gasteiger partial charge in [0.15, 0.2) is 0 Å². The van der Waals surface area contributed by atoms with Crippen molar-refractivity contribution in [3.8, 4) is 0 Å². The van der Waals surface area contributed by atoms with Gasteiger partial charge in [0.05, 0.1) is 29.4 Å². The Morgan fingerprint density at radius 2 is 2.03 bits per heavy atom. The minimum absolute atomic E-state index is 0.0668. The van der Waals surface area contributed by atoms with Crippen molar-refractivity contribution in [2.24, 2.45) is 0 Å². The Morgan fingerprint density at radius 3 is 2.77 bits per heavy atom. The van der Waals surface area contributed by atoms with Gasteiger partial charge in [-0.2, -0.15) is 4.31 Å². The standard InChI is InChI=1S/C22H23ClN4O2S/c1-16-5-3-11-24-22(16)26-19-9-10-20(25-14-19)21-8-4-12-27(21)30(28,29)15-17-6-2-7-18(23)13-17/h2-3,5-7,9-11,13-14,21H,4,8,12,15H2,1H3,(H,24,26)/t21-/m0/s1. The molecule has 0 unspecified atom stereocenters. The molecule has 0 aliphatic carbocycles. The summed E-state index contributed by atoms with van der Waals surface area (Å²) in [5.41, 5.74) is 3.29. The topological polar surface area (TPSA) is 75.2 Å². The van der Waals surface area contributed by atoms with Crippen LogP contribution >= 0.6 is 11.6 Å². The van der Waals surface area contributed by atoms with Crippen molar-refractivity contribution in [1.29, 1.82) is 0 Å². The van der Waals surface area contributed by atoms with Gasteiger partial charge in [-0.05, 0) is 61.2 Å². The third-order valence-corrected chi connectivity index (χ3v) is 7.28. The highest BCUT2D eigenvalue weighted by atomic mass is 35.5. The first-order valence-corrected chi connectivity index (χ1v) is 11.8. The van der Waals surface area contributed by atoms with Gasteiger partial charge in [-0.3, -0.25) is 4.98 Å². The second-order valence-electron chi connectivity index (χ2n) is 7.42. The van der Waals surface area contributed by atoms with Crippen molar-refractivity contribution < 1.29 is 8.42 Å². The van der Waals surface area contributed by atoms with Crippen LogP contribution in [0.3, 0.4) is 0 Å². The molecule has 1 aliphatic rings. The van der Waals surface area contributed by atoms with Crippen LogP contribution in [0.2, 0.25) is 5.02 Å². The predicted octanol–water partition coefficient (Wildman–Crippen LogP) is 4.85. The molecule has 1 N–H and O–H groups in total. The van der Waals surface area contributed by atoms with Crippen LogP contribution in [0.1, 0.15) is 35.7 Å². The first kappa shape index (κ1) is 20.8. The number of halogens is 1. The highest BCUT2D eigenvalue weighted by molar-refractivity contribution is 7.88. The second kappa shape index (κ2) is 8.71. The van der Waals surface area contributed by atoms with Gasteiger partial charge in [-0.25, -0.2) is 13.4 Å². The fourth-order valence-electron chi connectivity index (χ4n) is 3.72. The van der Waals surface area contributed by atoms with E-state index in [4.69, 9.17) is 11.6 Å². The molecule has 156 valence electrons. The number of aryl methyl sites for hydroxylation is 1. The number of rotatable bonds is 6. The molecule has 30 heavy (non-hydrogen) atoms. The largest absolute Gasteiger partial charge is 0.339 e.